The first-order valence-electron chi connectivity index (χ1n) is 7.45. The topological polar surface area (TPSA) is 50.4 Å². The lowest BCUT2D eigenvalue weighted by Crippen LogP contribution is -2.53. The minimum absolute atomic E-state index is 0.0660. The minimum atomic E-state index is -0.711. The van der Waals surface area contributed by atoms with E-state index in [9.17, 15) is 4.79 Å². The van der Waals surface area contributed by atoms with E-state index in [1.807, 2.05) is 69.3 Å². The van der Waals surface area contributed by atoms with Gasteiger partial charge in [0.1, 0.15) is 11.4 Å². The molecule has 1 atom stereocenters. The molecule has 114 valence electrons. The maximum Gasteiger partial charge on any atom is 0.255 e. The van der Waals surface area contributed by atoms with E-state index in [1.165, 1.54) is 0 Å². The molecule has 0 radical (unpaired) electrons. The fraction of sp³-hybridized carbons (Fsp3) is 0.278. The number of carbonyl (C=O) groups is 1. The molecule has 22 heavy (non-hydrogen) atoms. The van der Waals surface area contributed by atoms with Crippen molar-refractivity contribution in [2.24, 2.45) is 0 Å². The summed E-state index contributed by atoms with van der Waals surface area (Å²) in [6.45, 7) is 5.92. The zero-order chi connectivity index (χ0) is 15.7. The van der Waals surface area contributed by atoms with Crippen molar-refractivity contribution >= 4 is 11.6 Å². The molecule has 0 saturated heterocycles. The van der Waals surface area contributed by atoms with Gasteiger partial charge in [-0.15, -0.1) is 0 Å². The van der Waals surface area contributed by atoms with E-state index in [4.69, 9.17) is 4.74 Å². The smallest absolute Gasteiger partial charge is 0.255 e. The van der Waals surface area contributed by atoms with Gasteiger partial charge in [0, 0.05) is 11.3 Å². The molecule has 2 aromatic carbocycles. The van der Waals surface area contributed by atoms with E-state index < -0.39 is 5.66 Å². The molecule has 4 nitrogen and oxygen atoms in total. The highest BCUT2D eigenvalue weighted by Gasteiger charge is 2.36. The molecule has 0 fully saturated rings. The predicted molar refractivity (Wildman–Crippen MR) is 87.1 cm³/mol. The number of nitrogens with one attached hydrogen (secondary N) is 2. The van der Waals surface area contributed by atoms with E-state index >= 15 is 0 Å². The first-order valence-corrected chi connectivity index (χ1v) is 7.45. The molecule has 2 aromatic rings. The number of benzene rings is 2. The third-order valence-electron chi connectivity index (χ3n) is 3.71. The lowest BCUT2D eigenvalue weighted by atomic mass is 9.95. The van der Waals surface area contributed by atoms with Crippen LogP contribution in [0.25, 0.3) is 0 Å². The second-order valence-electron chi connectivity index (χ2n) is 5.91. The van der Waals surface area contributed by atoms with Gasteiger partial charge >= 0.3 is 0 Å². The summed E-state index contributed by atoms with van der Waals surface area (Å²) in [6, 6.07) is 15.3. The van der Waals surface area contributed by atoms with Gasteiger partial charge in [-0.3, -0.25) is 4.79 Å². The van der Waals surface area contributed by atoms with Crippen molar-refractivity contribution in [3.8, 4) is 5.75 Å². The molecule has 0 aromatic heterocycles. The van der Waals surface area contributed by atoms with Crippen molar-refractivity contribution in [2.45, 2.75) is 32.5 Å². The van der Waals surface area contributed by atoms with Gasteiger partial charge in [-0.05, 0) is 39.0 Å². The zero-order valence-electron chi connectivity index (χ0n) is 13.0. The molecule has 1 aliphatic heterocycles. The van der Waals surface area contributed by atoms with Crippen LogP contribution < -0.4 is 15.4 Å². The number of anilines is 1. The number of amides is 1. The largest absolute Gasteiger partial charge is 0.491 e. The third-order valence-corrected chi connectivity index (χ3v) is 3.71. The predicted octanol–water partition coefficient (Wildman–Crippen LogP) is 3.50. The van der Waals surface area contributed by atoms with Crippen molar-refractivity contribution in [3.63, 3.8) is 0 Å². The van der Waals surface area contributed by atoms with Crippen LogP contribution in [0.3, 0.4) is 0 Å². The minimum Gasteiger partial charge on any atom is -0.491 e. The Morgan fingerprint density at radius 1 is 1.00 bits per heavy atom. The molecule has 0 bridgehead atoms. The average Bonchev–Trinajstić information content (AvgIpc) is 2.47. The highest BCUT2D eigenvalue weighted by atomic mass is 16.5. The lowest BCUT2D eigenvalue weighted by Gasteiger charge is -2.38. The van der Waals surface area contributed by atoms with Gasteiger partial charge in [0.15, 0.2) is 0 Å². The van der Waals surface area contributed by atoms with Crippen molar-refractivity contribution in [1.82, 2.24) is 5.32 Å². The van der Waals surface area contributed by atoms with E-state index in [-0.39, 0.29) is 12.0 Å². The molecule has 2 N–H and O–H groups in total. The Kier molecular flexibility index (Phi) is 3.53. The summed E-state index contributed by atoms with van der Waals surface area (Å²) in [7, 11) is 0. The van der Waals surface area contributed by atoms with Gasteiger partial charge in [-0.25, -0.2) is 0 Å². The fourth-order valence-corrected chi connectivity index (χ4v) is 2.76. The van der Waals surface area contributed by atoms with Crippen LogP contribution in [0.4, 0.5) is 5.69 Å². The van der Waals surface area contributed by atoms with Crippen LogP contribution in [0.5, 0.6) is 5.75 Å². The van der Waals surface area contributed by atoms with Crippen LogP contribution >= 0.6 is 0 Å². The van der Waals surface area contributed by atoms with Crippen molar-refractivity contribution in [1.29, 1.82) is 0 Å². The highest BCUT2D eigenvalue weighted by molar-refractivity contribution is 6.02. The summed E-state index contributed by atoms with van der Waals surface area (Å²) < 4.78 is 5.90. The van der Waals surface area contributed by atoms with Crippen molar-refractivity contribution in [3.05, 3.63) is 59.7 Å². The van der Waals surface area contributed by atoms with Gasteiger partial charge < -0.3 is 15.4 Å². The first kappa shape index (κ1) is 14.4. The molecular formula is C18H20N2O2. The summed E-state index contributed by atoms with van der Waals surface area (Å²) in [6.07, 6.45) is 0.0660. The highest BCUT2D eigenvalue weighted by Crippen LogP contribution is 2.35. The number of rotatable bonds is 3. The standard InChI is InChI=1S/C18H20N2O2/c1-12(2)22-16-11-7-5-9-14(16)18(3)19-15-10-6-4-8-13(15)17(21)20-18/h4-12,19H,1-3H3,(H,20,21). The molecule has 1 heterocycles. The number of ether oxygens (including phenoxy) is 1. The van der Waals surface area contributed by atoms with Crippen molar-refractivity contribution in [2.75, 3.05) is 5.32 Å². The number of hydrogen-bond donors (Lipinski definition) is 2. The lowest BCUT2D eigenvalue weighted by molar-refractivity contribution is 0.0904. The molecule has 1 unspecified atom stereocenters. The monoisotopic (exact) mass is 296 g/mol. The van der Waals surface area contributed by atoms with Gasteiger partial charge in [-0.1, -0.05) is 30.3 Å². The summed E-state index contributed by atoms with van der Waals surface area (Å²) in [5.41, 5.74) is 1.68. The van der Waals surface area contributed by atoms with E-state index in [1.54, 1.807) is 0 Å². The van der Waals surface area contributed by atoms with Gasteiger partial charge in [0.05, 0.1) is 11.7 Å². The maximum absolute atomic E-state index is 12.4. The van der Waals surface area contributed by atoms with Crippen LogP contribution in [-0.2, 0) is 5.66 Å². The Hall–Kier alpha value is -2.49. The summed E-state index contributed by atoms with van der Waals surface area (Å²) >= 11 is 0. The summed E-state index contributed by atoms with van der Waals surface area (Å²) in [4.78, 5) is 12.4. The third kappa shape index (κ3) is 2.52. The van der Waals surface area contributed by atoms with E-state index in [0.29, 0.717) is 5.56 Å². The SMILES string of the molecule is CC(C)Oc1ccccc1C1(C)NC(=O)c2ccccc2N1. The van der Waals surface area contributed by atoms with E-state index in [2.05, 4.69) is 10.6 Å². The molecule has 4 heteroatoms. The van der Waals surface area contributed by atoms with Gasteiger partial charge in [-0.2, -0.15) is 0 Å². The van der Waals surface area contributed by atoms with Gasteiger partial charge in [0.25, 0.3) is 5.91 Å². The Morgan fingerprint density at radius 3 is 2.45 bits per heavy atom. The van der Waals surface area contributed by atoms with Crippen LogP contribution in [-0.4, -0.2) is 12.0 Å². The molecular weight excluding hydrogens is 276 g/mol. The van der Waals surface area contributed by atoms with Crippen LogP contribution in [0, 0.1) is 0 Å². The quantitative estimate of drug-likeness (QED) is 0.911. The fourth-order valence-electron chi connectivity index (χ4n) is 2.76. The second-order valence-corrected chi connectivity index (χ2v) is 5.91. The van der Waals surface area contributed by atoms with E-state index in [0.717, 1.165) is 17.0 Å². The first-order chi connectivity index (χ1) is 10.5. The Labute approximate surface area is 130 Å². The zero-order valence-corrected chi connectivity index (χ0v) is 13.0. The maximum atomic E-state index is 12.4. The molecule has 1 aliphatic rings. The summed E-state index contributed by atoms with van der Waals surface area (Å²) in [5.74, 6) is 0.684. The number of fused-ring (bicyclic) bond motifs is 1. The Bertz CT molecular complexity index is 712. The molecule has 0 aliphatic carbocycles. The Balaban J connectivity index is 2.04. The normalized spacial score (nSPS) is 20.1. The molecule has 0 spiro atoms. The molecule has 1 amide bonds. The summed E-state index contributed by atoms with van der Waals surface area (Å²) in [5, 5.41) is 6.47. The number of hydrogen-bond acceptors (Lipinski definition) is 3. The number of para-hydroxylation sites is 2. The Morgan fingerprint density at radius 2 is 1.68 bits per heavy atom. The van der Waals surface area contributed by atoms with Crippen LogP contribution in [0.1, 0.15) is 36.7 Å². The van der Waals surface area contributed by atoms with Crippen LogP contribution in [0.2, 0.25) is 0 Å². The van der Waals surface area contributed by atoms with Gasteiger partial charge in [0.2, 0.25) is 0 Å². The second kappa shape index (κ2) is 5.37. The molecule has 3 rings (SSSR count). The molecule has 0 saturated carbocycles. The van der Waals surface area contributed by atoms with Crippen molar-refractivity contribution < 1.29 is 9.53 Å². The average molecular weight is 296 g/mol. The number of carbonyl (C=O) groups excluding carboxylic acids is 1. The van der Waals surface area contributed by atoms with Crippen LogP contribution in [0.15, 0.2) is 48.5 Å².